The van der Waals surface area contributed by atoms with Gasteiger partial charge in [-0.1, -0.05) is 38.3 Å². The first kappa shape index (κ1) is 14.3. The standard InChI is InChI=1S/C15H23IN2/c1-15(9-3-2-4-10-15)14(18-17)11-12-5-7-13(16)8-6-12/h5-8,14,18H,2-4,9-11,17H2,1H3. The zero-order valence-corrected chi connectivity index (χ0v) is 13.2. The van der Waals surface area contributed by atoms with Crippen molar-refractivity contribution < 1.29 is 0 Å². The number of nitrogens with one attached hydrogen (secondary N) is 1. The second-order valence-corrected chi connectivity index (χ2v) is 7.01. The molecule has 1 atom stereocenters. The Labute approximate surface area is 124 Å². The number of hydrogen-bond acceptors (Lipinski definition) is 2. The van der Waals surface area contributed by atoms with E-state index >= 15 is 0 Å². The van der Waals surface area contributed by atoms with Crippen molar-refractivity contribution in [2.24, 2.45) is 11.3 Å². The molecule has 2 nitrogen and oxygen atoms in total. The van der Waals surface area contributed by atoms with E-state index in [1.54, 1.807) is 0 Å². The Morgan fingerprint density at radius 3 is 2.39 bits per heavy atom. The van der Waals surface area contributed by atoms with Crippen molar-refractivity contribution in [2.45, 2.75) is 51.5 Å². The Kier molecular flexibility index (Phi) is 5.04. The van der Waals surface area contributed by atoms with Gasteiger partial charge in [-0.25, -0.2) is 0 Å². The lowest BCUT2D eigenvalue weighted by atomic mass is 9.69. The molecule has 0 saturated heterocycles. The average molecular weight is 358 g/mol. The van der Waals surface area contributed by atoms with Crippen LogP contribution in [0.4, 0.5) is 0 Å². The Balaban J connectivity index is 2.06. The van der Waals surface area contributed by atoms with E-state index in [-0.39, 0.29) is 0 Å². The third kappa shape index (κ3) is 3.45. The molecule has 2 rings (SSSR count). The van der Waals surface area contributed by atoms with Crippen LogP contribution in [0.2, 0.25) is 0 Å². The summed E-state index contributed by atoms with van der Waals surface area (Å²) in [5.74, 6) is 5.82. The van der Waals surface area contributed by atoms with Gasteiger partial charge in [0.15, 0.2) is 0 Å². The van der Waals surface area contributed by atoms with Crippen LogP contribution in [-0.4, -0.2) is 6.04 Å². The van der Waals surface area contributed by atoms with Gasteiger partial charge in [-0.15, -0.1) is 0 Å². The summed E-state index contributed by atoms with van der Waals surface area (Å²) in [5, 5.41) is 0. The van der Waals surface area contributed by atoms with Crippen LogP contribution in [0, 0.1) is 8.99 Å². The van der Waals surface area contributed by atoms with Crippen molar-refractivity contribution in [2.75, 3.05) is 0 Å². The highest BCUT2D eigenvalue weighted by Gasteiger charge is 2.34. The summed E-state index contributed by atoms with van der Waals surface area (Å²) in [4.78, 5) is 0. The van der Waals surface area contributed by atoms with Gasteiger partial charge in [-0.05, 0) is 65.0 Å². The van der Waals surface area contributed by atoms with Crippen LogP contribution in [0.3, 0.4) is 0 Å². The molecule has 1 aromatic carbocycles. The number of hydrogen-bond donors (Lipinski definition) is 2. The lowest BCUT2D eigenvalue weighted by molar-refractivity contribution is 0.144. The van der Waals surface area contributed by atoms with E-state index in [9.17, 15) is 0 Å². The highest BCUT2D eigenvalue weighted by molar-refractivity contribution is 14.1. The molecule has 1 aromatic rings. The van der Waals surface area contributed by atoms with Crippen molar-refractivity contribution in [3.8, 4) is 0 Å². The van der Waals surface area contributed by atoms with Crippen LogP contribution in [-0.2, 0) is 6.42 Å². The number of benzene rings is 1. The maximum Gasteiger partial charge on any atom is 0.0304 e. The lowest BCUT2D eigenvalue weighted by Crippen LogP contribution is -2.49. The molecular formula is C15H23IN2. The fourth-order valence-electron chi connectivity index (χ4n) is 3.07. The Morgan fingerprint density at radius 2 is 1.83 bits per heavy atom. The third-order valence-electron chi connectivity index (χ3n) is 4.39. The van der Waals surface area contributed by atoms with Gasteiger partial charge in [-0.3, -0.25) is 11.3 Å². The first-order chi connectivity index (χ1) is 8.64. The molecule has 0 amide bonds. The zero-order valence-electron chi connectivity index (χ0n) is 11.1. The molecule has 1 fully saturated rings. The lowest BCUT2D eigenvalue weighted by Gasteiger charge is -2.40. The predicted molar refractivity (Wildman–Crippen MR) is 85.2 cm³/mol. The summed E-state index contributed by atoms with van der Waals surface area (Å²) in [6.45, 7) is 2.39. The van der Waals surface area contributed by atoms with Crippen molar-refractivity contribution in [1.29, 1.82) is 0 Å². The van der Waals surface area contributed by atoms with Gasteiger partial charge < -0.3 is 0 Å². The van der Waals surface area contributed by atoms with Gasteiger partial charge in [0.25, 0.3) is 0 Å². The van der Waals surface area contributed by atoms with Crippen LogP contribution < -0.4 is 11.3 Å². The quantitative estimate of drug-likeness (QED) is 0.490. The SMILES string of the molecule is CC1(C(Cc2ccc(I)cc2)NN)CCCCC1. The molecule has 18 heavy (non-hydrogen) atoms. The Hall–Kier alpha value is -0.130. The maximum atomic E-state index is 5.82. The van der Waals surface area contributed by atoms with Crippen LogP contribution in [0.15, 0.2) is 24.3 Å². The molecule has 0 bridgehead atoms. The third-order valence-corrected chi connectivity index (χ3v) is 5.11. The van der Waals surface area contributed by atoms with Crippen molar-refractivity contribution in [1.82, 2.24) is 5.43 Å². The second kappa shape index (κ2) is 6.35. The van der Waals surface area contributed by atoms with E-state index in [0.29, 0.717) is 11.5 Å². The van der Waals surface area contributed by atoms with Crippen LogP contribution in [0.1, 0.15) is 44.6 Å². The van der Waals surface area contributed by atoms with Crippen LogP contribution in [0.25, 0.3) is 0 Å². The minimum atomic E-state index is 0.357. The average Bonchev–Trinajstić information content (AvgIpc) is 2.38. The van der Waals surface area contributed by atoms with E-state index in [0.717, 1.165) is 6.42 Å². The topological polar surface area (TPSA) is 38.0 Å². The molecule has 0 heterocycles. The van der Waals surface area contributed by atoms with E-state index in [1.807, 2.05) is 0 Å². The molecule has 0 aromatic heterocycles. The van der Waals surface area contributed by atoms with Gasteiger partial charge in [-0.2, -0.15) is 0 Å². The predicted octanol–water partition coefficient (Wildman–Crippen LogP) is 3.64. The summed E-state index contributed by atoms with van der Waals surface area (Å²) in [7, 11) is 0. The highest BCUT2D eigenvalue weighted by atomic mass is 127. The van der Waals surface area contributed by atoms with E-state index in [1.165, 1.54) is 41.2 Å². The summed E-state index contributed by atoms with van der Waals surface area (Å²) in [5.41, 5.74) is 4.81. The molecule has 0 aliphatic heterocycles. The molecule has 3 N–H and O–H groups in total. The summed E-state index contributed by atoms with van der Waals surface area (Å²) < 4.78 is 1.29. The molecule has 0 radical (unpaired) electrons. The van der Waals surface area contributed by atoms with Gasteiger partial charge in [0.05, 0.1) is 0 Å². The Bertz CT molecular complexity index is 369. The number of hydrazine groups is 1. The Morgan fingerprint density at radius 1 is 1.22 bits per heavy atom. The van der Waals surface area contributed by atoms with Crippen LogP contribution in [0.5, 0.6) is 0 Å². The van der Waals surface area contributed by atoms with Gasteiger partial charge in [0.1, 0.15) is 0 Å². The molecule has 1 aliphatic rings. The number of nitrogens with two attached hydrogens (primary N) is 1. The summed E-state index contributed by atoms with van der Waals surface area (Å²) in [6, 6.07) is 9.17. The minimum absolute atomic E-state index is 0.357. The van der Waals surface area contributed by atoms with Gasteiger partial charge >= 0.3 is 0 Å². The van der Waals surface area contributed by atoms with Gasteiger partial charge in [0, 0.05) is 9.61 Å². The summed E-state index contributed by atoms with van der Waals surface area (Å²) >= 11 is 2.35. The summed E-state index contributed by atoms with van der Waals surface area (Å²) in [6.07, 6.45) is 7.71. The van der Waals surface area contributed by atoms with Crippen molar-refractivity contribution in [3.05, 3.63) is 33.4 Å². The number of halogens is 1. The largest absolute Gasteiger partial charge is 0.271 e. The monoisotopic (exact) mass is 358 g/mol. The van der Waals surface area contributed by atoms with E-state index in [4.69, 9.17) is 5.84 Å². The maximum absolute atomic E-state index is 5.82. The smallest absolute Gasteiger partial charge is 0.0304 e. The number of rotatable bonds is 4. The normalized spacial score (nSPS) is 20.6. The molecule has 1 unspecified atom stereocenters. The molecule has 1 saturated carbocycles. The van der Waals surface area contributed by atoms with Crippen molar-refractivity contribution in [3.63, 3.8) is 0 Å². The first-order valence-electron chi connectivity index (χ1n) is 6.85. The minimum Gasteiger partial charge on any atom is -0.271 e. The van der Waals surface area contributed by atoms with E-state index in [2.05, 4.69) is 59.2 Å². The van der Waals surface area contributed by atoms with E-state index < -0.39 is 0 Å². The first-order valence-corrected chi connectivity index (χ1v) is 7.92. The fourth-order valence-corrected chi connectivity index (χ4v) is 3.43. The van der Waals surface area contributed by atoms with Crippen molar-refractivity contribution >= 4 is 22.6 Å². The molecular weight excluding hydrogens is 335 g/mol. The molecule has 1 aliphatic carbocycles. The van der Waals surface area contributed by atoms with Crippen LogP contribution >= 0.6 is 22.6 Å². The van der Waals surface area contributed by atoms with Gasteiger partial charge in [0.2, 0.25) is 0 Å². The molecule has 0 spiro atoms. The fraction of sp³-hybridized carbons (Fsp3) is 0.600. The highest BCUT2D eigenvalue weighted by Crippen LogP contribution is 2.39. The zero-order chi connectivity index (χ0) is 13.0. The molecule has 100 valence electrons. The molecule has 3 heteroatoms. The second-order valence-electron chi connectivity index (χ2n) is 5.76.